The normalized spacial score (nSPS) is 22.9. The minimum Gasteiger partial charge on any atom is -0.462 e. The van der Waals surface area contributed by atoms with E-state index in [1.807, 2.05) is 11.0 Å². The van der Waals surface area contributed by atoms with E-state index in [9.17, 15) is 14.4 Å². The lowest BCUT2D eigenvalue weighted by Crippen LogP contribution is -2.60. The molecule has 2 bridgehead atoms. The van der Waals surface area contributed by atoms with Gasteiger partial charge >= 0.3 is 6.01 Å². The van der Waals surface area contributed by atoms with Gasteiger partial charge in [-0.2, -0.15) is 15.2 Å². The average Bonchev–Trinajstić information content (AvgIpc) is 4.04. The minimum absolute atomic E-state index is 0.0114. The Hall–Kier alpha value is -4.82. The quantitative estimate of drug-likeness (QED) is 0.142. The zero-order valence-electron chi connectivity index (χ0n) is 35.2. The Morgan fingerprint density at radius 2 is 1.87 bits per heavy atom. The fourth-order valence-corrected chi connectivity index (χ4v) is 11.9. The van der Waals surface area contributed by atoms with Crippen LogP contribution in [0.4, 0.5) is 25.4 Å². The molecule has 5 aliphatic rings. The van der Waals surface area contributed by atoms with E-state index in [-0.39, 0.29) is 77.5 Å². The standard InChI is InChI=1S/C45H51ClF2N10O3S/c1-24(2)35(43(59)58-12-4-5-25(58)3)33-18-34(54-61-33)57-22-45(23-57)10-13-55(14-11-45)15-16-60-44-52-39-29(42(53-44)56-20-26-6-7-27(21-56)51-26)17-31(46)37(38(39)48)28-8-9-32(47)40-36(28)30(19-49)41(50)62-40/h8-9,17-18,24-27,35,51H,4-7,10-16,20-23,50H2,1-3H3. The summed E-state index contributed by atoms with van der Waals surface area (Å²) in [5.74, 6) is 0.649. The minimum atomic E-state index is -0.705. The Labute approximate surface area is 368 Å². The number of hydrogen-bond acceptors (Lipinski definition) is 13. The molecule has 1 spiro atoms. The molecule has 0 radical (unpaired) electrons. The fraction of sp³-hybridized carbons (Fsp3) is 0.533. The van der Waals surface area contributed by atoms with E-state index in [2.05, 4.69) is 57.0 Å². The van der Waals surface area contributed by atoms with Crippen molar-refractivity contribution in [2.24, 2.45) is 11.3 Å². The van der Waals surface area contributed by atoms with Crippen LogP contribution < -0.4 is 25.6 Å². The molecule has 3 aromatic heterocycles. The van der Waals surface area contributed by atoms with Crippen LogP contribution in [0.25, 0.3) is 32.1 Å². The van der Waals surface area contributed by atoms with E-state index in [1.54, 1.807) is 6.07 Å². The molecule has 4 atom stereocenters. The third-order valence-corrected chi connectivity index (χ3v) is 15.4. The maximum absolute atomic E-state index is 17.1. The lowest BCUT2D eigenvalue weighted by molar-refractivity contribution is -0.134. The van der Waals surface area contributed by atoms with Crippen LogP contribution in [0.5, 0.6) is 6.01 Å². The molecule has 4 unspecified atom stereocenters. The van der Waals surface area contributed by atoms with Crippen LogP contribution in [0.15, 0.2) is 28.8 Å². The Morgan fingerprint density at radius 1 is 1.11 bits per heavy atom. The number of likely N-dealkylation sites (tertiary alicyclic amines) is 2. The number of nitrogens with two attached hydrogens (primary N) is 1. The molecule has 0 aliphatic carbocycles. The molecule has 5 saturated heterocycles. The van der Waals surface area contributed by atoms with Crippen LogP contribution in [0.3, 0.4) is 0 Å². The molecule has 62 heavy (non-hydrogen) atoms. The lowest BCUT2D eigenvalue weighted by Gasteiger charge is -2.54. The third kappa shape index (κ3) is 7.18. The van der Waals surface area contributed by atoms with E-state index in [1.165, 1.54) is 12.1 Å². The number of piperazine rings is 1. The molecule has 5 aliphatic heterocycles. The number of fused-ring (bicyclic) bond motifs is 4. The summed E-state index contributed by atoms with van der Waals surface area (Å²) in [5, 5.41) is 18.9. The third-order valence-electron chi connectivity index (χ3n) is 14.1. The Kier molecular flexibility index (Phi) is 10.7. The second-order valence-corrected chi connectivity index (χ2v) is 19.9. The number of aromatic nitrogens is 3. The van der Waals surface area contributed by atoms with Crippen molar-refractivity contribution in [1.82, 2.24) is 30.2 Å². The van der Waals surface area contributed by atoms with Crippen LogP contribution >= 0.6 is 22.9 Å². The van der Waals surface area contributed by atoms with Crippen molar-refractivity contribution < 1.29 is 22.8 Å². The maximum Gasteiger partial charge on any atom is 0.319 e. The first-order valence-electron chi connectivity index (χ1n) is 21.9. The predicted molar refractivity (Wildman–Crippen MR) is 237 cm³/mol. The summed E-state index contributed by atoms with van der Waals surface area (Å²) in [5.41, 5.74) is 6.72. The molecule has 1 amide bonds. The van der Waals surface area contributed by atoms with Crippen LogP contribution in [-0.2, 0) is 4.79 Å². The number of halogens is 3. The Morgan fingerprint density at radius 3 is 2.56 bits per heavy atom. The molecular formula is C45H51ClF2N10O3S. The van der Waals surface area contributed by atoms with Gasteiger partial charge in [0.05, 0.1) is 15.3 Å². The smallest absolute Gasteiger partial charge is 0.319 e. The average molecular weight is 885 g/mol. The van der Waals surface area contributed by atoms with Crippen molar-refractivity contribution >= 4 is 66.5 Å². The lowest BCUT2D eigenvalue weighted by atomic mass is 9.72. The van der Waals surface area contributed by atoms with Gasteiger partial charge in [0.2, 0.25) is 5.91 Å². The molecule has 3 N–H and O–H groups in total. The SMILES string of the molecule is CC(C)C(C(=O)N1CCCC1C)c1cc(N2CC3(CCN(CCOc4nc(N5CC6CCC(C5)N6)c5cc(Cl)c(-c6ccc(F)c7sc(N)c(C#N)c67)c(F)c5n4)CC3)C2)no1. The maximum atomic E-state index is 17.1. The molecule has 5 fully saturated rings. The van der Waals surface area contributed by atoms with E-state index in [0.29, 0.717) is 55.3 Å². The highest BCUT2D eigenvalue weighted by Gasteiger charge is 2.46. The number of piperidine rings is 1. The summed E-state index contributed by atoms with van der Waals surface area (Å²) in [7, 11) is 0. The summed E-state index contributed by atoms with van der Waals surface area (Å²) in [6.07, 6.45) is 6.24. The highest BCUT2D eigenvalue weighted by molar-refractivity contribution is 7.23. The molecular weight excluding hydrogens is 834 g/mol. The van der Waals surface area contributed by atoms with Gasteiger partial charge in [-0.05, 0) is 82.2 Å². The molecule has 13 nitrogen and oxygen atoms in total. The van der Waals surface area contributed by atoms with Crippen molar-refractivity contribution in [3.8, 4) is 23.2 Å². The second kappa shape index (κ2) is 16.1. The fourth-order valence-electron chi connectivity index (χ4n) is 10.7. The van der Waals surface area contributed by atoms with E-state index < -0.39 is 11.6 Å². The largest absolute Gasteiger partial charge is 0.462 e. The summed E-state index contributed by atoms with van der Waals surface area (Å²) in [4.78, 5) is 31.9. The summed E-state index contributed by atoms with van der Waals surface area (Å²) in [6.45, 7) is 13.0. The molecule has 8 heterocycles. The Bertz CT molecular complexity index is 2590. The number of rotatable bonds is 10. The number of hydrogen-bond donors (Lipinski definition) is 2. The number of anilines is 3. The first kappa shape index (κ1) is 41.2. The van der Waals surface area contributed by atoms with Crippen LogP contribution in [0, 0.1) is 34.3 Å². The molecule has 2 aromatic carbocycles. The van der Waals surface area contributed by atoms with Crippen molar-refractivity contribution in [1.29, 1.82) is 5.26 Å². The van der Waals surface area contributed by atoms with E-state index >= 15 is 4.39 Å². The first-order chi connectivity index (χ1) is 29.9. The van der Waals surface area contributed by atoms with Gasteiger partial charge in [0.1, 0.15) is 40.7 Å². The Balaban J connectivity index is 0.833. The van der Waals surface area contributed by atoms with Crippen LogP contribution in [0.2, 0.25) is 5.02 Å². The number of nitrogens with zero attached hydrogens (tertiary/aromatic N) is 8. The van der Waals surface area contributed by atoms with Crippen molar-refractivity contribution in [3.05, 3.63) is 52.2 Å². The summed E-state index contributed by atoms with van der Waals surface area (Å²) in [6, 6.07) is 9.29. The van der Waals surface area contributed by atoms with Crippen LogP contribution in [-0.4, -0.2) is 108 Å². The van der Waals surface area contributed by atoms with Gasteiger partial charge in [-0.3, -0.25) is 9.69 Å². The zero-order chi connectivity index (χ0) is 43.0. The number of carbonyl (C=O) groups is 1. The topological polar surface area (TPSA) is 153 Å². The predicted octanol–water partition coefficient (Wildman–Crippen LogP) is 7.56. The molecule has 17 heteroatoms. The number of amides is 1. The molecule has 326 valence electrons. The van der Waals surface area contributed by atoms with Gasteiger partial charge in [0.25, 0.3) is 0 Å². The van der Waals surface area contributed by atoms with Gasteiger partial charge in [-0.15, -0.1) is 11.3 Å². The number of nitrogens with one attached hydrogen (secondary N) is 1. The summed E-state index contributed by atoms with van der Waals surface area (Å²) >= 11 is 7.86. The molecule has 0 saturated carbocycles. The number of nitriles is 1. The van der Waals surface area contributed by atoms with Crippen molar-refractivity contribution in [2.75, 3.05) is 74.5 Å². The van der Waals surface area contributed by atoms with Gasteiger partial charge in [0.15, 0.2) is 17.4 Å². The summed E-state index contributed by atoms with van der Waals surface area (Å²) < 4.78 is 44.4. The van der Waals surface area contributed by atoms with Gasteiger partial charge in [-0.1, -0.05) is 36.7 Å². The second-order valence-electron chi connectivity index (χ2n) is 18.4. The highest BCUT2D eigenvalue weighted by atomic mass is 35.5. The highest BCUT2D eigenvalue weighted by Crippen LogP contribution is 2.47. The number of benzene rings is 2. The van der Waals surface area contributed by atoms with Crippen molar-refractivity contribution in [3.63, 3.8) is 0 Å². The monoisotopic (exact) mass is 884 g/mol. The van der Waals surface area contributed by atoms with Crippen molar-refractivity contribution in [2.45, 2.75) is 83.3 Å². The van der Waals surface area contributed by atoms with E-state index in [4.69, 9.17) is 31.6 Å². The molecule has 5 aromatic rings. The zero-order valence-corrected chi connectivity index (χ0v) is 36.8. The number of thiophene rings is 1. The number of nitrogen functional groups attached to an aromatic ring is 1. The van der Waals surface area contributed by atoms with E-state index in [0.717, 1.165) is 88.4 Å². The van der Waals surface area contributed by atoms with Crippen LogP contribution in [0.1, 0.15) is 76.5 Å². The molecule has 10 rings (SSSR count). The van der Waals surface area contributed by atoms with Gasteiger partial charge < -0.3 is 35.0 Å². The van der Waals surface area contributed by atoms with Gasteiger partial charge in [-0.25, -0.2) is 8.78 Å². The first-order valence-corrected chi connectivity index (χ1v) is 23.1. The number of ether oxygens (including phenoxy) is 1. The van der Waals surface area contributed by atoms with Gasteiger partial charge in [0, 0.05) is 85.2 Å². The number of carbonyl (C=O) groups excluding carboxylic acids is 1.